The number of allylic oxidation sites excluding steroid dienone is 3. The van der Waals surface area contributed by atoms with Crippen molar-refractivity contribution in [3.8, 4) is 0 Å². The zero-order valence-electron chi connectivity index (χ0n) is 14.8. The molecule has 0 fully saturated rings. The molecule has 2 heterocycles. The maximum absolute atomic E-state index is 13.1. The summed E-state index contributed by atoms with van der Waals surface area (Å²) < 4.78 is 0. The molecule has 0 unspecified atom stereocenters. The number of benzene rings is 2. The molecule has 4 nitrogen and oxygen atoms in total. The summed E-state index contributed by atoms with van der Waals surface area (Å²) in [7, 11) is 3.99. The van der Waals surface area contributed by atoms with Crippen LogP contribution in [0.4, 0.5) is 11.4 Å². The van der Waals surface area contributed by atoms with Gasteiger partial charge < -0.3 is 4.90 Å². The van der Waals surface area contributed by atoms with Crippen molar-refractivity contribution in [2.75, 3.05) is 19.0 Å². The Bertz CT molecular complexity index is 964. The Morgan fingerprint density at radius 3 is 2.35 bits per heavy atom. The van der Waals surface area contributed by atoms with Crippen LogP contribution >= 0.6 is 0 Å². The second kappa shape index (κ2) is 6.48. The highest BCUT2D eigenvalue weighted by Crippen LogP contribution is 2.34. The second-order valence-electron chi connectivity index (χ2n) is 6.37. The molecule has 2 aromatic carbocycles. The number of hydrogen-bond acceptors (Lipinski definition) is 3. The topological polar surface area (TPSA) is 35.9 Å². The van der Waals surface area contributed by atoms with Crippen LogP contribution < -0.4 is 4.90 Å². The van der Waals surface area contributed by atoms with Crippen molar-refractivity contribution in [2.45, 2.75) is 0 Å². The molecular formula is C22H19N3O. The smallest absolute Gasteiger partial charge is 0.231 e. The van der Waals surface area contributed by atoms with Gasteiger partial charge in [-0.3, -0.25) is 9.69 Å². The van der Waals surface area contributed by atoms with E-state index in [1.54, 1.807) is 0 Å². The maximum atomic E-state index is 13.1. The van der Waals surface area contributed by atoms with Crippen molar-refractivity contribution < 1.29 is 4.79 Å². The fourth-order valence-electron chi connectivity index (χ4n) is 3.11. The number of fused-ring (bicyclic) bond motifs is 1. The average molecular weight is 341 g/mol. The largest absolute Gasteiger partial charge is 0.378 e. The van der Waals surface area contributed by atoms with Gasteiger partial charge in [0.05, 0.1) is 17.0 Å². The lowest BCUT2D eigenvalue weighted by molar-refractivity contribution is -0.108. The number of carbonyl (C=O) groups is 1. The fraction of sp³-hybridized carbons (Fsp3) is 0.0909. The predicted molar refractivity (Wildman–Crippen MR) is 106 cm³/mol. The Balaban J connectivity index is 1.76. The summed E-state index contributed by atoms with van der Waals surface area (Å²) >= 11 is 0. The normalized spacial score (nSPS) is 17.2. The van der Waals surface area contributed by atoms with E-state index < -0.39 is 0 Å². The van der Waals surface area contributed by atoms with E-state index in [-0.39, 0.29) is 5.78 Å². The molecule has 2 aromatic rings. The second-order valence-corrected chi connectivity index (χ2v) is 6.37. The average Bonchev–Trinajstić information content (AvgIpc) is 2.95. The zero-order chi connectivity index (χ0) is 18.1. The van der Waals surface area contributed by atoms with Crippen LogP contribution in [-0.2, 0) is 4.79 Å². The quantitative estimate of drug-likeness (QED) is 0.841. The molecule has 4 heteroatoms. The first-order chi connectivity index (χ1) is 12.6. The van der Waals surface area contributed by atoms with E-state index in [0.29, 0.717) is 11.4 Å². The summed E-state index contributed by atoms with van der Waals surface area (Å²) in [5, 5.41) is 0. The third kappa shape index (κ3) is 2.75. The molecule has 2 aliphatic heterocycles. The standard InChI is InChI=1S/C22H19N3O/c1-24(2)18-13-11-17(12-14-18)23-22-21(26)20(16-8-4-3-5-9-16)19-10-6-7-15-25(19)22/h3-15H,1-2H3. The molecule has 0 aliphatic carbocycles. The fourth-order valence-corrected chi connectivity index (χ4v) is 3.11. The molecule has 128 valence electrons. The Kier molecular flexibility index (Phi) is 4.01. The molecule has 0 bridgehead atoms. The van der Waals surface area contributed by atoms with Gasteiger partial charge in [-0.05, 0) is 42.0 Å². The molecule has 0 amide bonds. The van der Waals surface area contributed by atoms with Crippen LogP contribution in [0.15, 0.2) is 89.7 Å². The molecule has 0 atom stereocenters. The van der Waals surface area contributed by atoms with Gasteiger partial charge in [0.15, 0.2) is 5.84 Å². The lowest BCUT2D eigenvalue weighted by Gasteiger charge is -2.18. The number of anilines is 1. The summed E-state index contributed by atoms with van der Waals surface area (Å²) in [6.45, 7) is 0. The number of rotatable bonds is 3. The number of carbonyl (C=O) groups excluding carboxylic acids is 1. The van der Waals surface area contributed by atoms with E-state index in [1.165, 1.54) is 0 Å². The monoisotopic (exact) mass is 341 g/mol. The van der Waals surface area contributed by atoms with E-state index >= 15 is 0 Å². The van der Waals surface area contributed by atoms with Crippen LogP contribution in [-0.4, -0.2) is 30.6 Å². The first-order valence-electron chi connectivity index (χ1n) is 8.50. The minimum Gasteiger partial charge on any atom is -0.378 e. The van der Waals surface area contributed by atoms with Gasteiger partial charge in [0.25, 0.3) is 0 Å². The van der Waals surface area contributed by atoms with E-state index in [0.717, 1.165) is 22.6 Å². The zero-order valence-corrected chi connectivity index (χ0v) is 14.8. The maximum Gasteiger partial charge on any atom is 0.231 e. The Morgan fingerprint density at radius 2 is 1.65 bits per heavy atom. The number of aliphatic imine (C=N–C) groups is 1. The van der Waals surface area contributed by atoms with Crippen LogP contribution in [0.25, 0.3) is 5.57 Å². The lowest BCUT2D eigenvalue weighted by atomic mass is 10.0. The van der Waals surface area contributed by atoms with Crippen LogP contribution in [0.3, 0.4) is 0 Å². The number of Topliss-reactive ketones (excluding diaryl/α,β-unsaturated/α-hetero) is 1. The molecule has 0 radical (unpaired) electrons. The Labute approximate surface area is 153 Å². The minimum absolute atomic E-state index is 0.0564. The van der Waals surface area contributed by atoms with Crippen molar-refractivity contribution in [1.82, 2.24) is 4.90 Å². The number of hydrogen-bond donors (Lipinski definition) is 0. The Hall–Kier alpha value is -3.40. The van der Waals surface area contributed by atoms with Crippen molar-refractivity contribution in [3.05, 3.63) is 90.3 Å². The number of ketones is 1. The molecule has 0 N–H and O–H groups in total. The third-order valence-corrected chi connectivity index (χ3v) is 4.44. The first-order valence-corrected chi connectivity index (χ1v) is 8.50. The molecular weight excluding hydrogens is 322 g/mol. The summed E-state index contributed by atoms with van der Waals surface area (Å²) in [5.41, 5.74) is 4.32. The highest BCUT2D eigenvalue weighted by Gasteiger charge is 2.35. The van der Waals surface area contributed by atoms with Crippen molar-refractivity contribution in [3.63, 3.8) is 0 Å². The highest BCUT2D eigenvalue weighted by atomic mass is 16.1. The van der Waals surface area contributed by atoms with Gasteiger partial charge in [0.2, 0.25) is 5.78 Å². The van der Waals surface area contributed by atoms with Crippen molar-refractivity contribution in [1.29, 1.82) is 0 Å². The number of amidine groups is 1. The summed E-state index contributed by atoms with van der Waals surface area (Å²) in [5.74, 6) is 0.371. The van der Waals surface area contributed by atoms with Crippen LogP contribution in [0.5, 0.6) is 0 Å². The van der Waals surface area contributed by atoms with Gasteiger partial charge in [0, 0.05) is 26.0 Å². The molecule has 0 aromatic heterocycles. The van der Waals surface area contributed by atoms with Gasteiger partial charge in [-0.1, -0.05) is 36.4 Å². The molecule has 2 aliphatic rings. The predicted octanol–water partition coefficient (Wildman–Crippen LogP) is 4.16. The molecule has 26 heavy (non-hydrogen) atoms. The summed E-state index contributed by atoms with van der Waals surface area (Å²) in [6.07, 6.45) is 7.69. The van der Waals surface area contributed by atoms with Crippen LogP contribution in [0, 0.1) is 0 Å². The van der Waals surface area contributed by atoms with Crippen molar-refractivity contribution >= 4 is 28.6 Å². The van der Waals surface area contributed by atoms with E-state index in [9.17, 15) is 4.79 Å². The van der Waals surface area contributed by atoms with Gasteiger partial charge in [-0.25, -0.2) is 4.99 Å². The lowest BCUT2D eigenvalue weighted by Crippen LogP contribution is -2.24. The van der Waals surface area contributed by atoms with E-state index in [4.69, 9.17) is 0 Å². The summed E-state index contributed by atoms with van der Waals surface area (Å²) in [6, 6.07) is 17.6. The third-order valence-electron chi connectivity index (χ3n) is 4.44. The van der Waals surface area contributed by atoms with Crippen molar-refractivity contribution in [2.24, 2.45) is 4.99 Å². The van der Waals surface area contributed by atoms with Gasteiger partial charge in [-0.15, -0.1) is 0 Å². The van der Waals surface area contributed by atoms with E-state index in [2.05, 4.69) is 4.99 Å². The Morgan fingerprint density at radius 1 is 0.923 bits per heavy atom. The van der Waals surface area contributed by atoms with E-state index in [1.807, 2.05) is 103 Å². The SMILES string of the molecule is CN(C)c1ccc(N=C2C(=O)C(c3ccccc3)=C3C=CC=CN23)cc1. The molecule has 0 saturated carbocycles. The molecule has 4 rings (SSSR count). The van der Waals surface area contributed by atoms with Gasteiger partial charge in [0.1, 0.15) is 0 Å². The summed E-state index contributed by atoms with van der Waals surface area (Å²) in [4.78, 5) is 21.7. The first kappa shape index (κ1) is 16.1. The van der Waals surface area contributed by atoms with Crippen LogP contribution in [0.2, 0.25) is 0 Å². The van der Waals surface area contributed by atoms with Crippen LogP contribution in [0.1, 0.15) is 5.56 Å². The number of nitrogens with zero attached hydrogens (tertiary/aromatic N) is 3. The molecule has 0 spiro atoms. The molecule has 0 saturated heterocycles. The van der Waals surface area contributed by atoms with Gasteiger partial charge in [-0.2, -0.15) is 0 Å². The minimum atomic E-state index is -0.0564. The van der Waals surface area contributed by atoms with Gasteiger partial charge >= 0.3 is 0 Å². The highest BCUT2D eigenvalue weighted by molar-refractivity contribution is 6.59.